The second-order valence-electron chi connectivity index (χ2n) is 13.3. The number of hydrogen-bond acceptors (Lipinski definition) is 7. The molecule has 2 atom stereocenters. The first-order valence-electron chi connectivity index (χ1n) is 17.8. The predicted octanol–water partition coefficient (Wildman–Crippen LogP) is 8.90. The maximum absolute atomic E-state index is 12.5. The highest BCUT2D eigenvalue weighted by atomic mass is 31.2. The number of phosphoric acid groups is 1. The van der Waals surface area contributed by atoms with Gasteiger partial charge in [-0.2, -0.15) is 0 Å². The summed E-state index contributed by atoms with van der Waals surface area (Å²) in [5, 5.41) is 0. The Kier molecular flexibility index (Phi) is 27.6. The van der Waals surface area contributed by atoms with Crippen LogP contribution in [0.1, 0.15) is 155 Å². The molecule has 0 aliphatic heterocycles. The molecule has 10 heteroatoms. The number of carbonyl (C=O) groups is 2. The summed E-state index contributed by atoms with van der Waals surface area (Å²) in [5.74, 6) is -0.798. The van der Waals surface area contributed by atoms with Crippen LogP contribution in [0.4, 0.5) is 0 Å². The van der Waals surface area contributed by atoms with Crippen molar-refractivity contribution in [2.24, 2.45) is 0 Å². The summed E-state index contributed by atoms with van der Waals surface area (Å²) in [6, 6.07) is 0. The lowest BCUT2D eigenvalue weighted by molar-refractivity contribution is -0.870. The Morgan fingerprint density at radius 2 is 1.02 bits per heavy atom. The first-order chi connectivity index (χ1) is 21.0. The third-order valence-corrected chi connectivity index (χ3v) is 8.62. The Bertz CT molecular complexity index is 743. The zero-order valence-electron chi connectivity index (χ0n) is 29.2. The zero-order chi connectivity index (χ0) is 32.9. The first-order valence-corrected chi connectivity index (χ1v) is 19.3. The number of nitrogens with zero attached hydrogens (tertiary/aromatic N) is 1. The van der Waals surface area contributed by atoms with E-state index in [1.165, 1.54) is 89.9 Å². The molecule has 0 fully saturated rings. The van der Waals surface area contributed by atoms with E-state index >= 15 is 0 Å². The molecule has 9 nitrogen and oxygen atoms in total. The average molecular weight is 651 g/mol. The van der Waals surface area contributed by atoms with E-state index in [2.05, 4.69) is 13.8 Å². The maximum atomic E-state index is 12.5. The average Bonchev–Trinajstić information content (AvgIpc) is 2.95. The van der Waals surface area contributed by atoms with Crippen molar-refractivity contribution in [1.82, 2.24) is 0 Å². The van der Waals surface area contributed by atoms with Gasteiger partial charge in [0.15, 0.2) is 6.10 Å². The minimum Gasteiger partial charge on any atom is -0.462 e. The zero-order valence-corrected chi connectivity index (χ0v) is 30.1. The van der Waals surface area contributed by atoms with Crippen molar-refractivity contribution in [2.75, 3.05) is 47.5 Å². The Morgan fingerprint density at radius 3 is 1.45 bits per heavy atom. The second kappa shape index (κ2) is 28.3. The van der Waals surface area contributed by atoms with Gasteiger partial charge in [0.1, 0.15) is 19.8 Å². The third-order valence-electron chi connectivity index (χ3n) is 7.64. The smallest absolute Gasteiger partial charge is 0.462 e. The molecule has 262 valence electrons. The lowest BCUT2D eigenvalue weighted by Gasteiger charge is -2.24. The number of quaternary nitrogens is 1. The maximum Gasteiger partial charge on any atom is 0.472 e. The number of likely N-dealkylation sites (N-methyl/N-ethyl adjacent to an activating group) is 1. The molecule has 0 spiro atoms. The minimum atomic E-state index is -4.35. The molecule has 1 N–H and O–H groups in total. The largest absolute Gasteiger partial charge is 0.472 e. The fourth-order valence-electron chi connectivity index (χ4n) is 4.78. The molecule has 0 amide bonds. The van der Waals surface area contributed by atoms with Gasteiger partial charge in [0.25, 0.3) is 0 Å². The Hall–Kier alpha value is -0.990. The van der Waals surface area contributed by atoms with Crippen LogP contribution in [0.3, 0.4) is 0 Å². The third kappa shape index (κ3) is 31.0. The van der Waals surface area contributed by atoms with Crippen LogP contribution in [0.2, 0.25) is 0 Å². The highest BCUT2D eigenvalue weighted by Crippen LogP contribution is 2.43. The summed E-state index contributed by atoms with van der Waals surface area (Å²) in [6.45, 7) is 4.37. The van der Waals surface area contributed by atoms with Gasteiger partial charge >= 0.3 is 19.8 Å². The van der Waals surface area contributed by atoms with Gasteiger partial charge in [0.05, 0.1) is 27.7 Å². The summed E-state index contributed by atoms with van der Waals surface area (Å²) < 4.78 is 34.0. The highest BCUT2D eigenvalue weighted by molar-refractivity contribution is 7.47. The van der Waals surface area contributed by atoms with Gasteiger partial charge in [-0.3, -0.25) is 18.6 Å². The number of unbranched alkanes of at least 4 members (excludes halogenated alkanes) is 18. The monoisotopic (exact) mass is 650 g/mol. The van der Waals surface area contributed by atoms with Gasteiger partial charge in [0.2, 0.25) is 0 Å². The standard InChI is InChI=1S/C34H68NO8P/c1-6-8-10-12-14-16-17-18-19-21-22-24-26-33(36)40-30-32(31-42-44(38,39)41-29-28-35(3,4)5)43-34(37)27-25-23-20-15-13-11-9-7-2/h32H,6-31H2,1-5H3/p+1. The van der Waals surface area contributed by atoms with Gasteiger partial charge in [-0.1, -0.05) is 129 Å². The molecule has 0 saturated heterocycles. The fraction of sp³-hybridized carbons (Fsp3) is 0.941. The van der Waals surface area contributed by atoms with Crippen LogP contribution in [0.5, 0.6) is 0 Å². The summed E-state index contributed by atoms with van der Waals surface area (Å²) in [4.78, 5) is 34.9. The van der Waals surface area contributed by atoms with Crippen molar-refractivity contribution >= 4 is 19.8 Å². The molecule has 0 aliphatic rings. The van der Waals surface area contributed by atoms with Crippen LogP contribution in [0.15, 0.2) is 0 Å². The normalized spacial score (nSPS) is 13.9. The molecule has 44 heavy (non-hydrogen) atoms. The van der Waals surface area contributed by atoms with Crippen LogP contribution in [-0.2, 0) is 32.7 Å². The number of carbonyl (C=O) groups excluding carboxylic acids is 2. The molecule has 2 unspecified atom stereocenters. The SMILES string of the molecule is CCCCCCCCCCCCCCC(=O)OCC(COP(=O)(O)OCC[N+](C)(C)C)OC(=O)CCCCCCCCCC. The molecule has 0 aromatic carbocycles. The van der Waals surface area contributed by atoms with Crippen molar-refractivity contribution in [2.45, 2.75) is 161 Å². The van der Waals surface area contributed by atoms with Crippen molar-refractivity contribution < 1.29 is 42.1 Å². The predicted molar refractivity (Wildman–Crippen MR) is 178 cm³/mol. The van der Waals surface area contributed by atoms with Gasteiger partial charge in [-0.05, 0) is 12.8 Å². The molecule has 0 heterocycles. The van der Waals surface area contributed by atoms with Gasteiger partial charge in [-0.25, -0.2) is 4.57 Å². The van der Waals surface area contributed by atoms with E-state index in [1.807, 2.05) is 21.1 Å². The minimum absolute atomic E-state index is 0.0359. The quantitative estimate of drug-likeness (QED) is 0.0333. The van der Waals surface area contributed by atoms with E-state index in [1.54, 1.807) is 0 Å². The van der Waals surface area contributed by atoms with Crippen LogP contribution in [0, 0.1) is 0 Å². The van der Waals surface area contributed by atoms with E-state index in [4.69, 9.17) is 18.5 Å². The van der Waals surface area contributed by atoms with Gasteiger partial charge in [0, 0.05) is 12.8 Å². The summed E-state index contributed by atoms with van der Waals surface area (Å²) in [6.07, 6.45) is 23.0. The molecule has 0 aromatic heterocycles. The van der Waals surface area contributed by atoms with E-state index in [0.29, 0.717) is 23.9 Å². The number of esters is 2. The van der Waals surface area contributed by atoms with Crippen molar-refractivity contribution in [3.63, 3.8) is 0 Å². The molecule has 0 saturated carbocycles. The Morgan fingerprint density at radius 1 is 0.614 bits per heavy atom. The lowest BCUT2D eigenvalue weighted by Crippen LogP contribution is -2.37. The topological polar surface area (TPSA) is 108 Å². The van der Waals surface area contributed by atoms with Crippen LogP contribution >= 0.6 is 7.82 Å². The first kappa shape index (κ1) is 43.0. The number of rotatable bonds is 32. The molecule has 0 radical (unpaired) electrons. The van der Waals surface area contributed by atoms with Crippen LogP contribution in [0.25, 0.3) is 0 Å². The molecule has 0 bridgehead atoms. The summed E-state index contributed by atoms with van der Waals surface area (Å²) in [5.41, 5.74) is 0. The lowest BCUT2D eigenvalue weighted by atomic mass is 10.0. The van der Waals surface area contributed by atoms with E-state index in [9.17, 15) is 19.0 Å². The van der Waals surface area contributed by atoms with Crippen LogP contribution < -0.4 is 0 Å². The van der Waals surface area contributed by atoms with Gasteiger partial charge < -0.3 is 18.9 Å². The Labute approximate surface area is 270 Å². The number of phosphoric ester groups is 1. The molecular formula is C34H69NO8P+. The molecule has 0 aromatic rings. The highest BCUT2D eigenvalue weighted by Gasteiger charge is 2.27. The number of hydrogen-bond donors (Lipinski definition) is 1. The van der Waals surface area contributed by atoms with E-state index in [-0.39, 0.29) is 25.6 Å². The van der Waals surface area contributed by atoms with E-state index in [0.717, 1.165) is 32.1 Å². The molecule has 0 rings (SSSR count). The van der Waals surface area contributed by atoms with Gasteiger partial charge in [-0.15, -0.1) is 0 Å². The second-order valence-corrected chi connectivity index (χ2v) is 14.7. The Balaban J connectivity index is 4.43. The summed E-state index contributed by atoms with van der Waals surface area (Å²) >= 11 is 0. The van der Waals surface area contributed by atoms with Crippen molar-refractivity contribution in [3.8, 4) is 0 Å². The van der Waals surface area contributed by atoms with Crippen LogP contribution in [-0.4, -0.2) is 74.9 Å². The van der Waals surface area contributed by atoms with E-state index < -0.39 is 26.5 Å². The fourth-order valence-corrected chi connectivity index (χ4v) is 5.52. The number of ether oxygens (including phenoxy) is 2. The van der Waals surface area contributed by atoms with Crippen molar-refractivity contribution in [3.05, 3.63) is 0 Å². The molecular weight excluding hydrogens is 581 g/mol. The molecule has 0 aliphatic carbocycles. The summed E-state index contributed by atoms with van der Waals surface area (Å²) in [7, 11) is 1.48. The van der Waals surface area contributed by atoms with Crippen molar-refractivity contribution in [1.29, 1.82) is 0 Å².